The van der Waals surface area contributed by atoms with E-state index in [-0.39, 0.29) is 17.3 Å². The second kappa shape index (κ2) is 7.23. The van der Waals surface area contributed by atoms with Crippen molar-refractivity contribution in [1.82, 2.24) is 14.5 Å². The van der Waals surface area contributed by atoms with Gasteiger partial charge in [0.1, 0.15) is 0 Å². The summed E-state index contributed by atoms with van der Waals surface area (Å²) in [7, 11) is -3.74. The Morgan fingerprint density at radius 1 is 1.08 bits per heavy atom. The van der Waals surface area contributed by atoms with Crippen LogP contribution in [0.1, 0.15) is 17.7 Å². The lowest BCUT2D eigenvalue weighted by atomic mass is 10.0. The van der Waals surface area contributed by atoms with Crippen molar-refractivity contribution in [3.05, 3.63) is 65.9 Å². The van der Waals surface area contributed by atoms with Crippen molar-refractivity contribution in [2.45, 2.75) is 18.2 Å². The lowest BCUT2D eigenvalue weighted by Gasteiger charge is -2.12. The summed E-state index contributed by atoms with van der Waals surface area (Å²) in [5, 5.41) is 8.65. The number of halogens is 1. The van der Waals surface area contributed by atoms with E-state index in [0.717, 1.165) is 41.7 Å². The molecule has 0 spiro atoms. The normalized spacial score (nSPS) is 14.7. The quantitative estimate of drug-likeness (QED) is 0.745. The first-order chi connectivity index (χ1) is 12.1. The molecule has 0 fully saturated rings. The van der Waals surface area contributed by atoms with Crippen molar-refractivity contribution in [2.24, 2.45) is 0 Å². The van der Waals surface area contributed by atoms with Crippen LogP contribution in [0, 0.1) is 6.92 Å². The van der Waals surface area contributed by atoms with Gasteiger partial charge in [-0.3, -0.25) is 0 Å². The molecule has 5 nitrogen and oxygen atoms in total. The fourth-order valence-corrected chi connectivity index (χ4v) is 4.39. The predicted octanol–water partition coefficient (Wildman–Crippen LogP) is 3.38. The van der Waals surface area contributed by atoms with Gasteiger partial charge in [-0.05, 0) is 43.7 Å². The van der Waals surface area contributed by atoms with Crippen LogP contribution in [0.5, 0.6) is 0 Å². The summed E-state index contributed by atoms with van der Waals surface area (Å²) in [4.78, 5) is 0.247. The van der Waals surface area contributed by atoms with Gasteiger partial charge in [-0.25, -0.2) is 0 Å². The number of aryl methyl sites for hydroxylation is 1. The van der Waals surface area contributed by atoms with E-state index >= 15 is 0 Å². The zero-order chi connectivity index (χ0) is 17.4. The second-order valence-electron chi connectivity index (χ2n) is 6.21. The van der Waals surface area contributed by atoms with E-state index < -0.39 is 10.0 Å². The van der Waals surface area contributed by atoms with Crippen LogP contribution in [0.4, 0.5) is 0 Å². The first kappa shape index (κ1) is 18.6. The molecule has 3 aromatic rings. The molecule has 2 aromatic carbocycles. The number of para-hydroxylation sites is 1. The first-order valence-corrected chi connectivity index (χ1v) is 9.71. The molecule has 0 aliphatic carbocycles. The number of hydrogen-bond acceptors (Lipinski definition) is 4. The predicted molar refractivity (Wildman–Crippen MR) is 106 cm³/mol. The molecule has 1 aliphatic heterocycles. The Hall–Kier alpha value is -2.15. The zero-order valence-corrected chi connectivity index (χ0v) is 16.0. The highest BCUT2D eigenvalue weighted by Gasteiger charge is 2.24. The molecule has 26 heavy (non-hydrogen) atoms. The molecular weight excluding hydrogens is 370 g/mol. The van der Waals surface area contributed by atoms with E-state index in [1.165, 1.54) is 4.09 Å². The van der Waals surface area contributed by atoms with Gasteiger partial charge in [-0.1, -0.05) is 42.0 Å². The van der Waals surface area contributed by atoms with Gasteiger partial charge >= 0.3 is 0 Å². The molecule has 0 atom stereocenters. The summed E-state index contributed by atoms with van der Waals surface area (Å²) in [6, 6.07) is 14.4. The Bertz CT molecular complexity index is 1070. The average molecular weight is 390 g/mol. The highest BCUT2D eigenvalue weighted by Crippen LogP contribution is 2.29. The van der Waals surface area contributed by atoms with Crippen LogP contribution in [0.25, 0.3) is 16.5 Å². The summed E-state index contributed by atoms with van der Waals surface area (Å²) < 4.78 is 27.4. The molecule has 1 aromatic heterocycles. The molecule has 1 N–H and O–H groups in total. The van der Waals surface area contributed by atoms with Crippen LogP contribution in [-0.4, -0.2) is 30.7 Å². The van der Waals surface area contributed by atoms with Crippen LogP contribution in [0.3, 0.4) is 0 Å². The standard InChI is InChI=1S/C19H19N3O2S.ClH/c1-14-6-8-16(9-7-14)25(23,24)22-18-5-3-2-4-17(18)19(21-22)15-10-12-20-13-11-15;/h2-10,20H,11-13H2,1H3;1H. The Morgan fingerprint density at radius 3 is 2.50 bits per heavy atom. The van der Waals surface area contributed by atoms with Gasteiger partial charge in [-0.2, -0.15) is 17.6 Å². The third-order valence-corrected chi connectivity index (χ3v) is 6.07. The number of aromatic nitrogens is 2. The maximum absolute atomic E-state index is 13.1. The van der Waals surface area contributed by atoms with Crippen molar-refractivity contribution in [1.29, 1.82) is 0 Å². The van der Waals surface area contributed by atoms with Crippen molar-refractivity contribution in [3.63, 3.8) is 0 Å². The van der Waals surface area contributed by atoms with E-state index in [1.807, 2.05) is 25.1 Å². The third-order valence-electron chi connectivity index (χ3n) is 4.47. The van der Waals surface area contributed by atoms with Crippen molar-refractivity contribution < 1.29 is 8.42 Å². The molecule has 0 bridgehead atoms. The summed E-state index contributed by atoms with van der Waals surface area (Å²) >= 11 is 0. The maximum atomic E-state index is 13.1. The van der Waals surface area contributed by atoms with E-state index in [1.54, 1.807) is 30.3 Å². The minimum absolute atomic E-state index is 0. The average Bonchev–Trinajstić information content (AvgIpc) is 3.03. The number of nitrogens with one attached hydrogen (secondary N) is 1. The largest absolute Gasteiger partial charge is 0.313 e. The van der Waals surface area contributed by atoms with Gasteiger partial charge in [0.05, 0.1) is 16.1 Å². The zero-order valence-electron chi connectivity index (χ0n) is 14.3. The number of benzene rings is 2. The number of nitrogens with zero attached hydrogens (tertiary/aromatic N) is 2. The van der Waals surface area contributed by atoms with Crippen LogP contribution in [0.2, 0.25) is 0 Å². The lowest BCUT2D eigenvalue weighted by Crippen LogP contribution is -2.20. The molecule has 0 saturated heterocycles. The van der Waals surface area contributed by atoms with Crippen LogP contribution in [-0.2, 0) is 10.0 Å². The number of fused-ring (bicyclic) bond motifs is 1. The molecule has 7 heteroatoms. The van der Waals surface area contributed by atoms with Gasteiger partial charge in [-0.15, -0.1) is 12.4 Å². The van der Waals surface area contributed by atoms with Crippen molar-refractivity contribution >= 4 is 38.9 Å². The van der Waals surface area contributed by atoms with Crippen molar-refractivity contribution in [2.75, 3.05) is 13.1 Å². The highest BCUT2D eigenvalue weighted by atomic mass is 35.5. The molecule has 136 valence electrons. The second-order valence-corrected chi connectivity index (χ2v) is 7.98. The van der Waals surface area contributed by atoms with E-state index in [0.29, 0.717) is 5.52 Å². The van der Waals surface area contributed by atoms with E-state index in [2.05, 4.69) is 16.5 Å². The molecule has 1 aliphatic rings. The molecular formula is C19H20ClN3O2S. The molecule has 0 unspecified atom stereocenters. The SMILES string of the molecule is Cc1ccc(S(=O)(=O)n2nc(C3=CCNCC3)c3ccccc32)cc1.Cl. The maximum Gasteiger partial charge on any atom is 0.283 e. The smallest absolute Gasteiger partial charge is 0.283 e. The minimum atomic E-state index is -3.74. The highest BCUT2D eigenvalue weighted by molar-refractivity contribution is 7.90. The van der Waals surface area contributed by atoms with Crippen molar-refractivity contribution in [3.8, 4) is 0 Å². The van der Waals surface area contributed by atoms with Gasteiger partial charge < -0.3 is 5.32 Å². The van der Waals surface area contributed by atoms with Gasteiger partial charge in [0.2, 0.25) is 0 Å². The Morgan fingerprint density at radius 2 is 1.81 bits per heavy atom. The lowest BCUT2D eigenvalue weighted by molar-refractivity contribution is 0.582. The van der Waals surface area contributed by atoms with Crippen LogP contribution in [0.15, 0.2) is 59.5 Å². The Labute approximate surface area is 159 Å². The monoisotopic (exact) mass is 389 g/mol. The van der Waals surface area contributed by atoms with Gasteiger partial charge in [0.15, 0.2) is 0 Å². The Kier molecular flexibility index (Phi) is 5.18. The summed E-state index contributed by atoms with van der Waals surface area (Å²) in [6.07, 6.45) is 2.92. The van der Waals surface area contributed by atoms with Gasteiger partial charge in [0, 0.05) is 11.9 Å². The molecule has 2 heterocycles. The first-order valence-electron chi connectivity index (χ1n) is 8.27. The number of hydrogen-bond donors (Lipinski definition) is 1. The fraction of sp³-hybridized carbons (Fsp3) is 0.211. The number of rotatable bonds is 3. The summed E-state index contributed by atoms with van der Waals surface area (Å²) in [5.74, 6) is 0. The van der Waals surface area contributed by atoms with Crippen LogP contribution >= 0.6 is 12.4 Å². The summed E-state index contributed by atoms with van der Waals surface area (Å²) in [5.41, 5.74) is 3.47. The molecule has 0 radical (unpaired) electrons. The minimum Gasteiger partial charge on any atom is -0.313 e. The topological polar surface area (TPSA) is 64.0 Å². The summed E-state index contributed by atoms with van der Waals surface area (Å²) in [6.45, 7) is 3.58. The molecule has 0 saturated carbocycles. The van der Waals surface area contributed by atoms with E-state index in [4.69, 9.17) is 0 Å². The van der Waals surface area contributed by atoms with Gasteiger partial charge in [0.25, 0.3) is 10.0 Å². The Balaban J connectivity index is 0.00000196. The fourth-order valence-electron chi connectivity index (χ4n) is 3.11. The van der Waals surface area contributed by atoms with E-state index in [9.17, 15) is 8.42 Å². The molecule has 0 amide bonds. The third kappa shape index (κ3) is 3.16. The van der Waals surface area contributed by atoms with Crippen LogP contribution < -0.4 is 5.32 Å². The molecule has 4 rings (SSSR count).